The Kier molecular flexibility index (Phi) is 4.64. The van der Waals surface area contributed by atoms with Crippen molar-refractivity contribution >= 4 is 43.7 Å². The summed E-state index contributed by atoms with van der Waals surface area (Å²) in [6, 6.07) is 44.8. The highest BCUT2D eigenvalue weighted by Gasteiger charge is 2.17. The van der Waals surface area contributed by atoms with Crippen LogP contribution in [0.25, 0.3) is 66.2 Å². The molecule has 0 fully saturated rings. The lowest BCUT2D eigenvalue weighted by atomic mass is 9.95. The average Bonchev–Trinajstić information content (AvgIpc) is 3.52. The largest absolute Gasteiger partial charge is 0.455 e. The van der Waals surface area contributed by atoms with Crippen molar-refractivity contribution in [1.29, 1.82) is 0 Å². The fourth-order valence-corrected chi connectivity index (χ4v) is 5.80. The Morgan fingerprint density at radius 2 is 1.05 bits per heavy atom. The van der Waals surface area contributed by atoms with Crippen LogP contribution in [0.15, 0.2) is 143 Å². The summed E-state index contributed by atoms with van der Waals surface area (Å²) in [6.45, 7) is 0. The number of rotatable bonds is 3. The summed E-state index contributed by atoms with van der Waals surface area (Å²) in [7, 11) is 0. The summed E-state index contributed by atoms with van der Waals surface area (Å²) >= 11 is 0. The number of imidazole rings is 1. The average molecular weight is 503 g/mol. The van der Waals surface area contributed by atoms with Crippen molar-refractivity contribution in [3.63, 3.8) is 0 Å². The molecule has 0 aliphatic heterocycles. The molecule has 39 heavy (non-hydrogen) atoms. The third kappa shape index (κ3) is 3.22. The first-order valence-electron chi connectivity index (χ1n) is 13.0. The molecule has 0 aliphatic rings. The molecule has 2 aromatic heterocycles. The fourth-order valence-electron chi connectivity index (χ4n) is 5.80. The van der Waals surface area contributed by atoms with Gasteiger partial charge in [-0.05, 0) is 65.0 Å². The molecule has 6 aromatic carbocycles. The van der Waals surface area contributed by atoms with Gasteiger partial charge in [0.05, 0.1) is 22.4 Å². The van der Waals surface area contributed by atoms with E-state index < -0.39 is 0 Å². The Hall–Kier alpha value is -5.35. The fraction of sp³-hybridized carbons (Fsp3) is 0. The summed E-state index contributed by atoms with van der Waals surface area (Å²) in [4.78, 5) is 13.8. The van der Waals surface area contributed by atoms with Crippen LogP contribution in [0.2, 0.25) is 0 Å². The van der Waals surface area contributed by atoms with Gasteiger partial charge in [0.1, 0.15) is 11.2 Å². The lowest BCUT2D eigenvalue weighted by molar-refractivity contribution is 0.672. The molecule has 184 valence electrons. The van der Waals surface area contributed by atoms with Gasteiger partial charge in [0.15, 0.2) is 0 Å². The zero-order valence-electron chi connectivity index (χ0n) is 20.9. The van der Waals surface area contributed by atoms with Gasteiger partial charge in [-0.15, -0.1) is 0 Å². The smallest absolute Gasteiger partial charge is 0.338 e. The molecule has 8 rings (SSSR count). The van der Waals surface area contributed by atoms with Crippen molar-refractivity contribution < 1.29 is 4.42 Å². The molecule has 8 aromatic rings. The molecule has 0 saturated heterocycles. The van der Waals surface area contributed by atoms with Crippen LogP contribution in [0, 0.1) is 0 Å². The first-order valence-corrected chi connectivity index (χ1v) is 13.0. The number of para-hydroxylation sites is 4. The van der Waals surface area contributed by atoms with Crippen molar-refractivity contribution in [2.24, 2.45) is 0 Å². The second-order valence-corrected chi connectivity index (χ2v) is 9.77. The first-order chi connectivity index (χ1) is 19.3. The maximum absolute atomic E-state index is 13.8. The van der Waals surface area contributed by atoms with Gasteiger partial charge in [0, 0.05) is 16.2 Å². The molecule has 2 heterocycles. The Bertz CT molecular complexity index is 2230. The summed E-state index contributed by atoms with van der Waals surface area (Å²) in [5.41, 5.74) is 7.35. The van der Waals surface area contributed by atoms with Crippen LogP contribution >= 0.6 is 0 Å². The second kappa shape index (κ2) is 8.33. The van der Waals surface area contributed by atoms with Gasteiger partial charge in [-0.3, -0.25) is 9.13 Å². The molecular formula is C35H22N2O2. The minimum absolute atomic E-state index is 0.0908. The highest BCUT2D eigenvalue weighted by molar-refractivity contribution is 6.19. The number of hydrogen-bond acceptors (Lipinski definition) is 2. The van der Waals surface area contributed by atoms with E-state index in [1.807, 2.05) is 84.9 Å². The van der Waals surface area contributed by atoms with E-state index in [2.05, 4.69) is 48.5 Å². The number of aromatic nitrogens is 2. The monoisotopic (exact) mass is 502 g/mol. The molecule has 4 heteroatoms. The van der Waals surface area contributed by atoms with Crippen LogP contribution in [0.5, 0.6) is 0 Å². The van der Waals surface area contributed by atoms with Crippen molar-refractivity contribution in [3.05, 3.63) is 144 Å². The lowest BCUT2D eigenvalue weighted by Crippen LogP contribution is -2.22. The maximum atomic E-state index is 13.8. The van der Waals surface area contributed by atoms with Gasteiger partial charge in [0.2, 0.25) is 0 Å². The van der Waals surface area contributed by atoms with Crippen LogP contribution in [-0.4, -0.2) is 9.13 Å². The van der Waals surface area contributed by atoms with Crippen LogP contribution in [0.1, 0.15) is 0 Å². The molecule has 0 radical (unpaired) electrons. The maximum Gasteiger partial charge on any atom is 0.338 e. The molecule has 0 atom stereocenters. The van der Waals surface area contributed by atoms with Gasteiger partial charge >= 0.3 is 5.69 Å². The Labute approximate surface area is 223 Å². The van der Waals surface area contributed by atoms with Gasteiger partial charge in [-0.1, -0.05) is 84.9 Å². The van der Waals surface area contributed by atoms with E-state index in [9.17, 15) is 4.79 Å². The SMILES string of the molecule is O=c1n(-c2ccccc2)c2ccccc2n1-c1ccc(-c2cc3c4ccccc4oc3c3ccccc23)cc1. The highest BCUT2D eigenvalue weighted by atomic mass is 16.3. The normalized spacial score (nSPS) is 11.7. The van der Waals surface area contributed by atoms with E-state index in [1.54, 1.807) is 9.13 Å². The third-order valence-electron chi connectivity index (χ3n) is 7.58. The Morgan fingerprint density at radius 1 is 0.487 bits per heavy atom. The van der Waals surface area contributed by atoms with Crippen LogP contribution in [-0.2, 0) is 0 Å². The minimum Gasteiger partial charge on any atom is -0.455 e. The topological polar surface area (TPSA) is 40.1 Å². The van der Waals surface area contributed by atoms with E-state index in [0.29, 0.717) is 0 Å². The summed E-state index contributed by atoms with van der Waals surface area (Å²) in [6.07, 6.45) is 0. The number of benzene rings is 6. The van der Waals surface area contributed by atoms with E-state index in [4.69, 9.17) is 4.42 Å². The molecule has 0 aliphatic carbocycles. The highest BCUT2D eigenvalue weighted by Crippen LogP contribution is 2.39. The summed E-state index contributed by atoms with van der Waals surface area (Å²) in [5.74, 6) is 0. The van der Waals surface area contributed by atoms with E-state index in [0.717, 1.165) is 66.2 Å². The predicted octanol–water partition coefficient (Wildman–Crippen LogP) is 8.50. The Balaban J connectivity index is 1.33. The number of hydrogen-bond donors (Lipinski definition) is 0. The Morgan fingerprint density at radius 3 is 1.77 bits per heavy atom. The standard InChI is InChI=1S/C35H22N2O2/c38-35-36(24-10-2-1-3-11-24)31-15-7-8-16-32(31)37(35)25-20-18-23(19-21-25)29-22-30-27-13-6-9-17-33(27)39-34(30)28-14-5-4-12-26(28)29/h1-22H. The lowest BCUT2D eigenvalue weighted by Gasteiger charge is -2.10. The molecule has 0 amide bonds. The predicted molar refractivity (Wildman–Crippen MR) is 159 cm³/mol. The summed E-state index contributed by atoms with van der Waals surface area (Å²) < 4.78 is 9.85. The molecule has 0 unspecified atom stereocenters. The van der Waals surface area contributed by atoms with Crippen molar-refractivity contribution in [1.82, 2.24) is 9.13 Å². The quantitative estimate of drug-likeness (QED) is 0.243. The van der Waals surface area contributed by atoms with Crippen LogP contribution in [0.3, 0.4) is 0 Å². The molecule has 0 spiro atoms. The second-order valence-electron chi connectivity index (χ2n) is 9.77. The van der Waals surface area contributed by atoms with Crippen LogP contribution in [0.4, 0.5) is 0 Å². The number of furan rings is 1. The van der Waals surface area contributed by atoms with E-state index >= 15 is 0 Å². The number of nitrogens with zero attached hydrogens (tertiary/aromatic N) is 2. The van der Waals surface area contributed by atoms with Crippen LogP contribution < -0.4 is 5.69 Å². The molecule has 4 nitrogen and oxygen atoms in total. The summed E-state index contributed by atoms with van der Waals surface area (Å²) in [5, 5.41) is 4.43. The first kappa shape index (κ1) is 21.7. The van der Waals surface area contributed by atoms with Gasteiger partial charge in [-0.2, -0.15) is 0 Å². The van der Waals surface area contributed by atoms with E-state index in [-0.39, 0.29) is 5.69 Å². The van der Waals surface area contributed by atoms with Crippen molar-refractivity contribution in [3.8, 4) is 22.5 Å². The molecule has 0 saturated carbocycles. The molecule has 0 bridgehead atoms. The minimum atomic E-state index is -0.0908. The van der Waals surface area contributed by atoms with E-state index in [1.165, 1.54) is 0 Å². The van der Waals surface area contributed by atoms with Crippen molar-refractivity contribution in [2.45, 2.75) is 0 Å². The zero-order valence-corrected chi connectivity index (χ0v) is 20.9. The number of fused-ring (bicyclic) bond motifs is 6. The van der Waals surface area contributed by atoms with Gasteiger partial charge in [0.25, 0.3) is 0 Å². The van der Waals surface area contributed by atoms with Gasteiger partial charge in [-0.25, -0.2) is 4.79 Å². The molecular weight excluding hydrogens is 480 g/mol. The van der Waals surface area contributed by atoms with Crippen molar-refractivity contribution in [2.75, 3.05) is 0 Å². The van der Waals surface area contributed by atoms with Gasteiger partial charge < -0.3 is 4.42 Å². The zero-order chi connectivity index (χ0) is 25.9. The third-order valence-corrected chi connectivity index (χ3v) is 7.58. The molecule has 0 N–H and O–H groups in total.